The summed E-state index contributed by atoms with van der Waals surface area (Å²) in [7, 11) is 2.07. The molecule has 1 aliphatic rings. The molecule has 2 amide bonds. The van der Waals surface area contributed by atoms with Crippen LogP contribution in [0.4, 0.5) is 5.69 Å². The molecular formula is C44H64Cl2N4O8. The zero-order chi connectivity index (χ0) is 43.0. The van der Waals surface area contributed by atoms with Crippen LogP contribution in [-0.2, 0) is 40.0 Å². The van der Waals surface area contributed by atoms with Crippen LogP contribution >= 0.6 is 23.2 Å². The fourth-order valence-electron chi connectivity index (χ4n) is 7.67. The van der Waals surface area contributed by atoms with Gasteiger partial charge in [-0.2, -0.15) is 0 Å². The molecule has 14 heteroatoms. The summed E-state index contributed by atoms with van der Waals surface area (Å²) < 4.78 is 11.1. The molecule has 2 aromatic rings. The van der Waals surface area contributed by atoms with E-state index in [0.29, 0.717) is 42.4 Å². The molecule has 0 saturated heterocycles. The van der Waals surface area contributed by atoms with Gasteiger partial charge in [-0.25, -0.2) is 0 Å². The highest BCUT2D eigenvalue weighted by atomic mass is 35.5. The summed E-state index contributed by atoms with van der Waals surface area (Å²) in [6.07, 6.45) is 3.10. The highest BCUT2D eigenvalue weighted by Gasteiger charge is 2.43. The quantitative estimate of drug-likeness (QED) is 0.0569. The Labute approximate surface area is 354 Å². The number of benzene rings is 2. The number of amides is 2. The normalized spacial score (nSPS) is 17.1. The van der Waals surface area contributed by atoms with Gasteiger partial charge >= 0.3 is 17.9 Å². The fraction of sp³-hybridized carbons (Fsp3) is 0.614. The van der Waals surface area contributed by atoms with Crippen molar-refractivity contribution in [1.29, 1.82) is 0 Å². The number of halogens is 2. The first-order chi connectivity index (χ1) is 27.5. The number of anilines is 1. The number of fused-ring (bicyclic) bond motifs is 1. The Kier molecular flexibility index (Phi) is 19.8. The molecule has 0 fully saturated rings. The molecule has 0 saturated carbocycles. The predicted octanol–water partition coefficient (Wildman–Crippen LogP) is 7.82. The number of ether oxygens (including phenoxy) is 2. The van der Waals surface area contributed by atoms with Crippen molar-refractivity contribution in [1.82, 2.24) is 10.2 Å². The van der Waals surface area contributed by atoms with Crippen molar-refractivity contribution in [3.63, 3.8) is 0 Å². The van der Waals surface area contributed by atoms with Gasteiger partial charge in [0.1, 0.15) is 0 Å². The largest absolute Gasteiger partial charge is 0.481 e. The summed E-state index contributed by atoms with van der Waals surface area (Å²) in [5, 5.41) is 17.3. The molecule has 3 rings (SSSR count). The van der Waals surface area contributed by atoms with E-state index in [1.165, 1.54) is 6.92 Å². The van der Waals surface area contributed by atoms with Crippen LogP contribution in [0.15, 0.2) is 36.4 Å². The van der Waals surface area contributed by atoms with Crippen LogP contribution in [-0.4, -0.2) is 79.6 Å². The van der Waals surface area contributed by atoms with Gasteiger partial charge < -0.3 is 35.8 Å². The van der Waals surface area contributed by atoms with Crippen molar-refractivity contribution < 1.29 is 38.6 Å². The van der Waals surface area contributed by atoms with E-state index in [-0.39, 0.29) is 50.7 Å². The number of carbonyl (C=O) groups is 5. The molecular weight excluding hydrogens is 783 g/mol. The number of nitrogens with zero attached hydrogens (tertiary/aromatic N) is 1. The van der Waals surface area contributed by atoms with Gasteiger partial charge in [0.2, 0.25) is 11.8 Å². The van der Waals surface area contributed by atoms with E-state index in [2.05, 4.69) is 34.7 Å². The maximum Gasteiger partial charge on any atom is 0.311 e. The number of aliphatic carboxylic acids is 1. The van der Waals surface area contributed by atoms with Gasteiger partial charge in [-0.05, 0) is 99.9 Å². The fourth-order valence-corrected chi connectivity index (χ4v) is 8.24. The number of unbranched alkanes of at least 4 members (excludes halogenated alkanes) is 2. The SMILES string of the molecule is CCCCOC(=O)C(CC(C)C(=O)O)CC(CC(C)(CC(CC)C(=O)NCCNc1cccc(C2CN(C)Cc3c(Cl)cc(Cl)cc32)c1)C(=O)OCCCC)C(N)=O. The van der Waals surface area contributed by atoms with Crippen molar-refractivity contribution in [2.75, 3.05) is 45.2 Å². The van der Waals surface area contributed by atoms with E-state index < -0.39 is 52.9 Å². The Bertz CT molecular complexity index is 1710. The molecule has 12 nitrogen and oxygen atoms in total. The van der Waals surface area contributed by atoms with Gasteiger partial charge in [-0.15, -0.1) is 0 Å². The standard InChI is InChI=1S/C44H64Cl2N4O8/c1-7-10-17-57-42(55)31(19-28(4)41(53)54)20-32(39(47)51)25-44(5,43(56)58-18-11-8-2)24-29(9-3)40(52)49-16-15-48-34-14-12-13-30(21-34)36-26-50(6)27-37-35(36)22-33(45)23-38(37)46/h12-14,21-23,28-29,31-32,36,48H,7-11,15-20,24-27H2,1-6H3,(H2,47,51)(H,49,52)(H,53,54). The van der Waals surface area contributed by atoms with Crippen LogP contribution in [0.25, 0.3) is 0 Å². The summed E-state index contributed by atoms with van der Waals surface area (Å²) in [5.74, 6) is -6.57. The van der Waals surface area contributed by atoms with Crippen molar-refractivity contribution in [3.05, 3.63) is 63.1 Å². The first kappa shape index (κ1) is 48.5. The third kappa shape index (κ3) is 14.4. The van der Waals surface area contributed by atoms with E-state index in [4.69, 9.17) is 38.4 Å². The number of carboxylic acids is 1. The van der Waals surface area contributed by atoms with Gasteiger partial charge in [0.15, 0.2) is 0 Å². The van der Waals surface area contributed by atoms with Crippen molar-refractivity contribution in [2.24, 2.45) is 34.8 Å². The molecule has 5 N–H and O–H groups in total. The molecule has 0 spiro atoms. The lowest BCUT2D eigenvalue weighted by atomic mass is 9.71. The highest BCUT2D eigenvalue weighted by Crippen LogP contribution is 2.40. The van der Waals surface area contributed by atoms with Gasteiger partial charge in [0, 0.05) is 59.7 Å². The van der Waals surface area contributed by atoms with Crippen LogP contribution in [0.3, 0.4) is 0 Å². The number of hydrogen-bond donors (Lipinski definition) is 4. The lowest BCUT2D eigenvalue weighted by Crippen LogP contribution is -2.42. The number of rotatable bonds is 25. The zero-order valence-electron chi connectivity index (χ0n) is 35.0. The minimum absolute atomic E-state index is 0.0598. The van der Waals surface area contributed by atoms with Crippen molar-refractivity contribution in [2.45, 2.75) is 105 Å². The maximum absolute atomic E-state index is 13.8. The van der Waals surface area contributed by atoms with Crippen LogP contribution in [0.2, 0.25) is 10.0 Å². The lowest BCUT2D eigenvalue weighted by molar-refractivity contribution is -0.158. The Morgan fingerprint density at radius 3 is 2.26 bits per heavy atom. The second-order valence-corrected chi connectivity index (χ2v) is 17.0. The number of hydrogen-bond acceptors (Lipinski definition) is 9. The molecule has 58 heavy (non-hydrogen) atoms. The second kappa shape index (κ2) is 23.7. The van der Waals surface area contributed by atoms with Gasteiger partial charge in [-0.3, -0.25) is 24.0 Å². The molecule has 0 radical (unpaired) electrons. The predicted molar refractivity (Wildman–Crippen MR) is 228 cm³/mol. The molecule has 1 aliphatic heterocycles. The average molecular weight is 848 g/mol. The monoisotopic (exact) mass is 846 g/mol. The molecule has 0 aromatic heterocycles. The van der Waals surface area contributed by atoms with E-state index >= 15 is 0 Å². The van der Waals surface area contributed by atoms with Crippen LogP contribution in [0.5, 0.6) is 0 Å². The molecule has 6 unspecified atom stereocenters. The molecule has 6 atom stereocenters. The van der Waals surface area contributed by atoms with Gasteiger partial charge in [0.05, 0.1) is 30.5 Å². The third-order valence-corrected chi connectivity index (χ3v) is 11.7. The van der Waals surface area contributed by atoms with Crippen molar-refractivity contribution in [3.8, 4) is 0 Å². The number of likely N-dealkylation sites (N-methyl/N-ethyl adjacent to an activating group) is 1. The van der Waals surface area contributed by atoms with Crippen LogP contribution < -0.4 is 16.4 Å². The Morgan fingerprint density at radius 1 is 0.948 bits per heavy atom. The number of nitrogens with two attached hydrogens (primary N) is 1. The van der Waals surface area contributed by atoms with Gasteiger partial charge in [0.25, 0.3) is 0 Å². The molecule has 322 valence electrons. The van der Waals surface area contributed by atoms with E-state index in [1.807, 2.05) is 39.0 Å². The maximum atomic E-state index is 13.8. The highest BCUT2D eigenvalue weighted by molar-refractivity contribution is 6.35. The van der Waals surface area contributed by atoms with Crippen LogP contribution in [0.1, 0.15) is 115 Å². The number of esters is 2. The average Bonchev–Trinajstić information content (AvgIpc) is 3.18. The molecule has 1 heterocycles. The number of nitrogens with one attached hydrogen (secondary N) is 2. The first-order valence-corrected chi connectivity index (χ1v) is 21.4. The van der Waals surface area contributed by atoms with E-state index in [9.17, 15) is 29.1 Å². The van der Waals surface area contributed by atoms with E-state index in [0.717, 1.165) is 48.3 Å². The number of primary amides is 1. The Morgan fingerprint density at radius 2 is 1.62 bits per heavy atom. The lowest BCUT2D eigenvalue weighted by Gasteiger charge is -2.34. The summed E-state index contributed by atoms with van der Waals surface area (Å²) in [4.78, 5) is 67.6. The molecule has 2 aromatic carbocycles. The Balaban J connectivity index is 1.73. The summed E-state index contributed by atoms with van der Waals surface area (Å²) in [6, 6.07) is 11.9. The summed E-state index contributed by atoms with van der Waals surface area (Å²) >= 11 is 13.0. The van der Waals surface area contributed by atoms with E-state index in [1.54, 1.807) is 13.0 Å². The third-order valence-electron chi connectivity index (χ3n) is 11.1. The second-order valence-electron chi connectivity index (χ2n) is 16.1. The van der Waals surface area contributed by atoms with Crippen LogP contribution in [0, 0.1) is 29.1 Å². The summed E-state index contributed by atoms with van der Waals surface area (Å²) in [6.45, 7) is 11.6. The first-order valence-electron chi connectivity index (χ1n) is 20.7. The summed E-state index contributed by atoms with van der Waals surface area (Å²) in [5.41, 5.74) is 8.79. The van der Waals surface area contributed by atoms with Crippen molar-refractivity contribution >= 4 is 58.6 Å². The number of carbonyl (C=O) groups excluding carboxylic acids is 4. The zero-order valence-corrected chi connectivity index (χ0v) is 36.6. The molecule has 0 bridgehead atoms. The topological polar surface area (TPSA) is 177 Å². The minimum Gasteiger partial charge on any atom is -0.481 e. The van der Waals surface area contributed by atoms with Gasteiger partial charge in [-0.1, -0.05) is 75.9 Å². The molecule has 0 aliphatic carbocycles. The smallest absolute Gasteiger partial charge is 0.311 e. The Hall–Kier alpha value is -3.87. The number of carboxylic acid groups (broad SMARTS) is 1. The minimum atomic E-state index is -1.32.